The molecule has 6 heteroatoms. The fourth-order valence-electron chi connectivity index (χ4n) is 2.15. The van der Waals surface area contributed by atoms with Crippen LogP contribution in [-0.2, 0) is 4.79 Å². The highest BCUT2D eigenvalue weighted by molar-refractivity contribution is 5.95. The molecule has 116 valence electrons. The van der Waals surface area contributed by atoms with Gasteiger partial charge in [-0.15, -0.1) is 0 Å². The monoisotopic (exact) mass is 309 g/mol. The Morgan fingerprint density at radius 2 is 1.96 bits per heavy atom. The fourth-order valence-corrected chi connectivity index (χ4v) is 2.15. The number of carbonyl (C=O) groups is 1. The molecule has 2 N–H and O–H groups in total. The molecule has 0 aliphatic carbocycles. The van der Waals surface area contributed by atoms with Crippen molar-refractivity contribution < 1.29 is 14.4 Å². The Morgan fingerprint density at radius 1 is 1.17 bits per heavy atom. The second-order valence-electron chi connectivity index (χ2n) is 5.02. The largest absolute Gasteiger partial charge is 0.378 e. The zero-order valence-electron chi connectivity index (χ0n) is 12.4. The van der Waals surface area contributed by atoms with Gasteiger partial charge in [0.05, 0.1) is 0 Å². The van der Waals surface area contributed by atoms with Crippen molar-refractivity contribution in [3.63, 3.8) is 0 Å². The molecule has 1 unspecified atom stereocenters. The van der Waals surface area contributed by atoms with E-state index >= 15 is 0 Å². The third-order valence-corrected chi connectivity index (χ3v) is 3.28. The first kappa shape index (κ1) is 14.9. The van der Waals surface area contributed by atoms with E-state index in [0.29, 0.717) is 28.5 Å². The molecule has 0 aliphatic rings. The van der Waals surface area contributed by atoms with E-state index in [1.54, 1.807) is 49.4 Å². The van der Waals surface area contributed by atoms with Crippen molar-refractivity contribution in [3.05, 3.63) is 66.1 Å². The van der Waals surface area contributed by atoms with E-state index in [2.05, 4.69) is 15.5 Å². The lowest BCUT2D eigenvalue weighted by Gasteiger charge is -2.12. The highest BCUT2D eigenvalue weighted by Gasteiger charge is 2.17. The van der Waals surface area contributed by atoms with Crippen molar-refractivity contribution in [1.82, 2.24) is 10.1 Å². The Hall–Kier alpha value is -2.99. The normalized spacial score (nSPS) is 11.9. The van der Waals surface area contributed by atoms with Crippen LogP contribution in [0.5, 0.6) is 0 Å². The molecule has 3 rings (SSSR count). The minimum absolute atomic E-state index is 0.446. The minimum atomic E-state index is -1.23. The van der Waals surface area contributed by atoms with Gasteiger partial charge in [-0.05, 0) is 17.7 Å². The number of aromatic nitrogens is 2. The van der Waals surface area contributed by atoms with E-state index in [-0.39, 0.29) is 0 Å². The van der Waals surface area contributed by atoms with Gasteiger partial charge in [0.1, 0.15) is 0 Å². The van der Waals surface area contributed by atoms with Gasteiger partial charge in [-0.1, -0.05) is 47.6 Å². The lowest BCUT2D eigenvalue weighted by atomic mass is 10.1. The molecule has 0 saturated carbocycles. The maximum absolute atomic E-state index is 12.2. The van der Waals surface area contributed by atoms with Crippen LogP contribution >= 0.6 is 0 Å². The summed E-state index contributed by atoms with van der Waals surface area (Å²) in [6.07, 6.45) is -1.23. The molecule has 23 heavy (non-hydrogen) atoms. The zero-order chi connectivity index (χ0) is 16.2. The van der Waals surface area contributed by atoms with Gasteiger partial charge < -0.3 is 14.9 Å². The summed E-state index contributed by atoms with van der Waals surface area (Å²) in [7, 11) is 0. The lowest BCUT2D eigenvalue weighted by molar-refractivity contribution is -0.124. The minimum Gasteiger partial charge on any atom is -0.378 e. The van der Waals surface area contributed by atoms with Gasteiger partial charge >= 0.3 is 0 Å². The molecule has 0 aliphatic heterocycles. The average molecular weight is 309 g/mol. The summed E-state index contributed by atoms with van der Waals surface area (Å²) in [4.78, 5) is 16.3. The molecule has 3 aromatic rings. The van der Waals surface area contributed by atoms with Gasteiger partial charge in [0.15, 0.2) is 6.10 Å². The molecule has 0 radical (unpaired) electrons. The number of aliphatic hydroxyl groups is 1. The number of hydrogen-bond donors (Lipinski definition) is 2. The maximum atomic E-state index is 12.2. The molecule has 0 spiro atoms. The van der Waals surface area contributed by atoms with Crippen LogP contribution in [0.2, 0.25) is 0 Å². The average Bonchev–Trinajstić information content (AvgIpc) is 3.02. The number of carbonyl (C=O) groups excluding carboxylic acids is 1. The number of benzene rings is 2. The number of anilines is 1. The molecule has 1 amide bonds. The summed E-state index contributed by atoms with van der Waals surface area (Å²) in [5.74, 6) is 0.411. The van der Waals surface area contributed by atoms with Crippen molar-refractivity contribution in [2.45, 2.75) is 13.0 Å². The highest BCUT2D eigenvalue weighted by Crippen LogP contribution is 2.21. The second-order valence-corrected chi connectivity index (χ2v) is 5.02. The van der Waals surface area contributed by atoms with Crippen molar-refractivity contribution >= 4 is 11.6 Å². The van der Waals surface area contributed by atoms with Crippen molar-refractivity contribution in [3.8, 4) is 11.4 Å². The molecule has 0 fully saturated rings. The van der Waals surface area contributed by atoms with Gasteiger partial charge in [0, 0.05) is 18.2 Å². The number of amides is 1. The van der Waals surface area contributed by atoms with Crippen LogP contribution in [-0.4, -0.2) is 21.2 Å². The lowest BCUT2D eigenvalue weighted by Crippen LogP contribution is -2.20. The third kappa shape index (κ3) is 3.44. The van der Waals surface area contributed by atoms with Crippen molar-refractivity contribution in [2.24, 2.45) is 0 Å². The van der Waals surface area contributed by atoms with Crippen LogP contribution in [0.4, 0.5) is 5.69 Å². The first-order chi connectivity index (χ1) is 11.1. The Labute approximate surface area is 132 Å². The van der Waals surface area contributed by atoms with E-state index in [0.717, 1.165) is 0 Å². The number of nitrogens with zero attached hydrogens (tertiary/aromatic N) is 2. The summed E-state index contributed by atoms with van der Waals surface area (Å²) in [5, 5.41) is 16.6. The number of nitrogens with one attached hydrogen (secondary N) is 1. The summed E-state index contributed by atoms with van der Waals surface area (Å²) in [6.45, 7) is 1.71. The van der Waals surface area contributed by atoms with Crippen molar-refractivity contribution in [1.29, 1.82) is 0 Å². The predicted molar refractivity (Wildman–Crippen MR) is 84.5 cm³/mol. The number of hydrogen-bond acceptors (Lipinski definition) is 5. The van der Waals surface area contributed by atoms with Crippen LogP contribution in [0.3, 0.4) is 0 Å². The molecule has 0 saturated heterocycles. The molecule has 1 aromatic heterocycles. The van der Waals surface area contributed by atoms with Crippen LogP contribution in [0.1, 0.15) is 17.6 Å². The van der Waals surface area contributed by atoms with Crippen LogP contribution in [0.25, 0.3) is 11.4 Å². The smallest absolute Gasteiger partial charge is 0.257 e. The van der Waals surface area contributed by atoms with E-state index < -0.39 is 12.0 Å². The van der Waals surface area contributed by atoms with E-state index in [9.17, 15) is 9.90 Å². The number of rotatable bonds is 4. The molecule has 6 nitrogen and oxygen atoms in total. The van der Waals surface area contributed by atoms with Gasteiger partial charge in [0.2, 0.25) is 11.7 Å². The Bertz CT molecular complexity index is 815. The van der Waals surface area contributed by atoms with Gasteiger partial charge in [-0.25, -0.2) is 0 Å². The maximum Gasteiger partial charge on any atom is 0.257 e. The molecular formula is C17H15N3O3. The zero-order valence-corrected chi connectivity index (χ0v) is 12.4. The Morgan fingerprint density at radius 3 is 2.65 bits per heavy atom. The summed E-state index contributed by atoms with van der Waals surface area (Å²) < 4.78 is 4.95. The topological polar surface area (TPSA) is 88.2 Å². The molecule has 1 heterocycles. The summed E-state index contributed by atoms with van der Waals surface area (Å²) in [6, 6.07) is 15.8. The Kier molecular flexibility index (Phi) is 4.16. The first-order valence-corrected chi connectivity index (χ1v) is 7.08. The van der Waals surface area contributed by atoms with Gasteiger partial charge in [-0.2, -0.15) is 4.98 Å². The molecule has 1 atom stereocenters. The number of aryl methyl sites for hydroxylation is 1. The Balaban J connectivity index is 1.76. The van der Waals surface area contributed by atoms with Gasteiger partial charge in [-0.3, -0.25) is 4.79 Å². The highest BCUT2D eigenvalue weighted by atomic mass is 16.5. The third-order valence-electron chi connectivity index (χ3n) is 3.28. The van der Waals surface area contributed by atoms with E-state index in [1.807, 2.05) is 12.1 Å². The van der Waals surface area contributed by atoms with E-state index in [1.165, 1.54) is 0 Å². The molecule has 2 aromatic carbocycles. The second kappa shape index (κ2) is 6.41. The SMILES string of the molecule is Cc1nc(-c2cccc(NC(=O)C(O)c3ccccc3)c2)no1. The molecular weight excluding hydrogens is 294 g/mol. The van der Waals surface area contributed by atoms with Crippen LogP contribution < -0.4 is 5.32 Å². The van der Waals surface area contributed by atoms with Crippen LogP contribution in [0, 0.1) is 6.92 Å². The standard InChI is InChI=1S/C17H15N3O3/c1-11-18-16(20-23-11)13-8-5-9-14(10-13)19-17(22)15(21)12-6-3-2-4-7-12/h2-10,15,21H,1H3,(H,19,22). The number of aliphatic hydroxyl groups excluding tert-OH is 1. The summed E-state index contributed by atoms with van der Waals surface area (Å²) in [5.41, 5.74) is 1.80. The summed E-state index contributed by atoms with van der Waals surface area (Å²) >= 11 is 0. The van der Waals surface area contributed by atoms with Crippen molar-refractivity contribution in [2.75, 3.05) is 5.32 Å². The molecule has 0 bridgehead atoms. The fraction of sp³-hybridized carbons (Fsp3) is 0.118. The first-order valence-electron chi connectivity index (χ1n) is 7.08. The predicted octanol–water partition coefficient (Wildman–Crippen LogP) is 2.72. The van der Waals surface area contributed by atoms with Crippen LogP contribution in [0.15, 0.2) is 59.1 Å². The quantitative estimate of drug-likeness (QED) is 0.773. The van der Waals surface area contributed by atoms with Gasteiger partial charge in [0.25, 0.3) is 5.91 Å². The van der Waals surface area contributed by atoms with E-state index in [4.69, 9.17) is 4.52 Å².